The van der Waals surface area contributed by atoms with E-state index in [9.17, 15) is 9.59 Å². The summed E-state index contributed by atoms with van der Waals surface area (Å²) in [6, 6.07) is 7.19. The van der Waals surface area contributed by atoms with Crippen molar-refractivity contribution in [1.82, 2.24) is 14.8 Å². The number of nitriles is 1. The maximum absolute atomic E-state index is 11.2. The van der Waals surface area contributed by atoms with Gasteiger partial charge in [0.1, 0.15) is 0 Å². The van der Waals surface area contributed by atoms with Crippen molar-refractivity contribution in [3.05, 3.63) is 48.9 Å². The molecule has 8 heteroatoms. The number of rotatable bonds is 2. The Morgan fingerprint density at radius 3 is 2.84 bits per heavy atom. The van der Waals surface area contributed by atoms with Gasteiger partial charge in [-0.1, -0.05) is 27.7 Å². The first kappa shape index (κ1) is 13.6. The van der Waals surface area contributed by atoms with Crippen LogP contribution in [0.2, 0.25) is 0 Å². The van der Waals surface area contributed by atoms with Crippen LogP contribution in [0, 0.1) is 11.3 Å². The Kier molecular flexibility index (Phi) is 3.87. The number of H-pyrrole nitrogens is 1. The van der Waals surface area contributed by atoms with Crippen molar-refractivity contribution in [2.75, 3.05) is 0 Å². The fourth-order valence-corrected chi connectivity index (χ4v) is 2.88. The topological polar surface area (TPSA) is 91.5 Å². The molecule has 19 heavy (non-hydrogen) atoms. The van der Waals surface area contributed by atoms with Crippen molar-refractivity contribution in [2.45, 2.75) is 10.1 Å². The van der Waals surface area contributed by atoms with E-state index in [1.54, 1.807) is 25.2 Å². The lowest BCUT2D eigenvalue weighted by Crippen LogP contribution is -2.33. The summed E-state index contributed by atoms with van der Waals surface area (Å²) in [4.78, 5) is 26.7. The monoisotopic (exact) mass is 338 g/mol. The van der Waals surface area contributed by atoms with Gasteiger partial charge in [0.15, 0.2) is 5.16 Å². The average molecular weight is 339 g/mol. The largest absolute Gasteiger partial charge is 0.339 e. The molecule has 0 spiro atoms. The molecule has 1 aromatic carbocycles. The summed E-state index contributed by atoms with van der Waals surface area (Å²) in [5.41, 5.74) is -1.11. The van der Waals surface area contributed by atoms with Crippen molar-refractivity contribution in [1.29, 1.82) is 5.26 Å². The maximum atomic E-state index is 11.2. The summed E-state index contributed by atoms with van der Waals surface area (Å²) in [5, 5.41) is 11.6. The Balaban J connectivity index is 2.45. The van der Waals surface area contributed by atoms with Crippen LogP contribution in [0.1, 0.15) is 5.56 Å². The summed E-state index contributed by atoms with van der Waals surface area (Å²) in [6.45, 7) is 0. The summed E-state index contributed by atoms with van der Waals surface area (Å²) in [7, 11) is 1.58. The summed E-state index contributed by atoms with van der Waals surface area (Å²) in [5.74, 6) is 0. The number of aryl methyl sites for hydroxylation is 1. The minimum absolute atomic E-state index is 0.339. The zero-order valence-electron chi connectivity index (χ0n) is 9.68. The standard InChI is InChI=1S/C11H7BrN4O2S/c1-16-11(14-9(17)10(18)15-16)19-8-3-6(5-13)2-7(12)4-8/h2-4H,1H3,(H,15,18). The molecule has 0 atom stereocenters. The van der Waals surface area contributed by atoms with Gasteiger partial charge in [-0.3, -0.25) is 19.4 Å². The lowest BCUT2D eigenvalue weighted by molar-refractivity contribution is 0.596. The van der Waals surface area contributed by atoms with Gasteiger partial charge in [0, 0.05) is 16.4 Å². The number of hydrogen-bond acceptors (Lipinski definition) is 5. The van der Waals surface area contributed by atoms with Gasteiger partial charge in [-0.2, -0.15) is 10.2 Å². The van der Waals surface area contributed by atoms with E-state index in [4.69, 9.17) is 5.26 Å². The Labute approximate surface area is 120 Å². The molecule has 0 saturated carbocycles. The minimum atomic E-state index is -0.837. The Bertz CT molecular complexity index is 791. The van der Waals surface area contributed by atoms with E-state index < -0.39 is 11.1 Å². The van der Waals surface area contributed by atoms with E-state index >= 15 is 0 Å². The molecule has 0 unspecified atom stereocenters. The molecular formula is C11H7BrN4O2S. The van der Waals surface area contributed by atoms with Crippen molar-refractivity contribution in [2.24, 2.45) is 7.05 Å². The fourth-order valence-electron chi connectivity index (χ4n) is 1.34. The number of hydrogen-bond donors (Lipinski definition) is 1. The highest BCUT2D eigenvalue weighted by Crippen LogP contribution is 2.28. The molecular weight excluding hydrogens is 332 g/mol. The van der Waals surface area contributed by atoms with Gasteiger partial charge < -0.3 is 0 Å². The predicted octanol–water partition coefficient (Wildman–Crippen LogP) is 1.25. The van der Waals surface area contributed by atoms with Gasteiger partial charge in [-0.25, -0.2) is 0 Å². The van der Waals surface area contributed by atoms with E-state index in [1.807, 2.05) is 6.07 Å². The second-order valence-corrected chi connectivity index (χ2v) is 5.55. The molecule has 2 aromatic rings. The second-order valence-electron chi connectivity index (χ2n) is 3.59. The summed E-state index contributed by atoms with van der Waals surface area (Å²) >= 11 is 4.48. The smallest absolute Gasteiger partial charge is 0.265 e. The molecule has 0 radical (unpaired) electrons. The summed E-state index contributed by atoms with van der Waals surface area (Å²) < 4.78 is 2.12. The zero-order valence-corrected chi connectivity index (χ0v) is 12.1. The van der Waals surface area contributed by atoms with Crippen molar-refractivity contribution in [3.8, 4) is 6.07 Å². The third kappa shape index (κ3) is 3.13. The van der Waals surface area contributed by atoms with Gasteiger partial charge in [-0.05, 0) is 18.2 Å². The van der Waals surface area contributed by atoms with Gasteiger partial charge in [0.05, 0.1) is 11.6 Å². The van der Waals surface area contributed by atoms with Crippen LogP contribution >= 0.6 is 27.7 Å². The number of nitrogens with one attached hydrogen (secondary N) is 1. The highest BCUT2D eigenvalue weighted by atomic mass is 79.9. The van der Waals surface area contributed by atoms with Gasteiger partial charge in [0.2, 0.25) is 0 Å². The Hall–Kier alpha value is -1.85. The van der Waals surface area contributed by atoms with Crippen LogP contribution in [0.25, 0.3) is 0 Å². The van der Waals surface area contributed by atoms with E-state index in [-0.39, 0.29) is 0 Å². The third-order valence-electron chi connectivity index (χ3n) is 2.16. The lowest BCUT2D eigenvalue weighted by atomic mass is 10.2. The first-order valence-electron chi connectivity index (χ1n) is 5.05. The van der Waals surface area contributed by atoms with Crippen molar-refractivity contribution >= 4 is 27.7 Å². The Morgan fingerprint density at radius 1 is 1.42 bits per heavy atom. The molecule has 0 aliphatic heterocycles. The molecule has 0 fully saturated rings. The molecule has 6 nitrogen and oxygen atoms in total. The van der Waals surface area contributed by atoms with Gasteiger partial charge in [-0.15, -0.1) is 0 Å². The van der Waals surface area contributed by atoms with Crippen LogP contribution in [0.5, 0.6) is 0 Å². The van der Waals surface area contributed by atoms with Crippen LogP contribution in [0.15, 0.2) is 42.3 Å². The molecule has 0 amide bonds. The Morgan fingerprint density at radius 2 is 2.16 bits per heavy atom. The van der Waals surface area contributed by atoms with E-state index in [0.717, 1.165) is 9.37 Å². The molecule has 2 rings (SSSR count). The van der Waals surface area contributed by atoms with Gasteiger partial charge >= 0.3 is 11.1 Å². The van der Waals surface area contributed by atoms with E-state index in [1.165, 1.54) is 16.4 Å². The number of halogens is 1. The minimum Gasteiger partial charge on any atom is -0.265 e. The predicted molar refractivity (Wildman–Crippen MR) is 73.1 cm³/mol. The van der Waals surface area contributed by atoms with Crippen LogP contribution in [0.4, 0.5) is 0 Å². The molecule has 0 aliphatic carbocycles. The normalized spacial score (nSPS) is 10.2. The molecule has 0 aliphatic rings. The maximum Gasteiger partial charge on any atom is 0.339 e. The van der Waals surface area contributed by atoms with Crippen LogP contribution in [-0.4, -0.2) is 14.8 Å². The molecule has 1 N–H and O–H groups in total. The first-order chi connectivity index (χ1) is 8.99. The highest BCUT2D eigenvalue weighted by molar-refractivity contribution is 9.10. The van der Waals surface area contributed by atoms with Crippen LogP contribution in [-0.2, 0) is 7.05 Å². The number of aromatic nitrogens is 3. The van der Waals surface area contributed by atoms with Crippen LogP contribution in [0.3, 0.4) is 0 Å². The number of nitrogens with zero attached hydrogens (tertiary/aromatic N) is 3. The molecule has 1 heterocycles. The van der Waals surface area contributed by atoms with Gasteiger partial charge in [0.25, 0.3) is 0 Å². The van der Waals surface area contributed by atoms with E-state index in [0.29, 0.717) is 10.7 Å². The fraction of sp³-hybridized carbons (Fsp3) is 0.0909. The zero-order chi connectivity index (χ0) is 14.0. The summed E-state index contributed by atoms with van der Waals surface area (Å²) in [6.07, 6.45) is 0. The number of benzene rings is 1. The van der Waals surface area contributed by atoms with Crippen molar-refractivity contribution in [3.63, 3.8) is 0 Å². The SMILES string of the molecule is Cn1[nH]c(=O)c(=O)nc1Sc1cc(Br)cc(C#N)c1. The van der Waals surface area contributed by atoms with E-state index in [2.05, 4.69) is 26.0 Å². The molecule has 0 bridgehead atoms. The molecule has 1 aromatic heterocycles. The molecule has 0 saturated heterocycles. The second kappa shape index (κ2) is 5.42. The number of aromatic amines is 1. The lowest BCUT2D eigenvalue weighted by Gasteiger charge is -2.06. The quantitative estimate of drug-likeness (QED) is 0.832. The van der Waals surface area contributed by atoms with Crippen molar-refractivity contribution < 1.29 is 0 Å². The highest BCUT2D eigenvalue weighted by Gasteiger charge is 2.07. The average Bonchev–Trinajstić information content (AvgIpc) is 2.35. The van der Waals surface area contributed by atoms with Crippen LogP contribution < -0.4 is 11.1 Å². The third-order valence-corrected chi connectivity index (χ3v) is 3.63. The molecule has 96 valence electrons. The first-order valence-corrected chi connectivity index (χ1v) is 6.66.